The zero-order valence-corrected chi connectivity index (χ0v) is 14.3. The molecular formula is C15H21BrO3S. The van der Waals surface area contributed by atoms with Gasteiger partial charge in [-0.2, -0.15) is 0 Å². The van der Waals surface area contributed by atoms with Crippen molar-refractivity contribution >= 4 is 25.8 Å². The molecule has 20 heavy (non-hydrogen) atoms. The molecule has 0 amide bonds. The van der Waals surface area contributed by atoms with Gasteiger partial charge in [-0.1, -0.05) is 34.1 Å². The van der Waals surface area contributed by atoms with E-state index >= 15 is 0 Å². The minimum Gasteiger partial charge on any atom is -0.490 e. The zero-order valence-electron chi connectivity index (χ0n) is 11.9. The van der Waals surface area contributed by atoms with Crippen LogP contribution in [0.5, 0.6) is 5.75 Å². The van der Waals surface area contributed by atoms with Gasteiger partial charge in [0.05, 0.1) is 11.4 Å². The second-order valence-electron chi connectivity index (χ2n) is 5.55. The van der Waals surface area contributed by atoms with Crippen LogP contribution in [0.3, 0.4) is 0 Å². The molecule has 0 radical (unpaired) electrons. The molecule has 1 aromatic carbocycles. The summed E-state index contributed by atoms with van der Waals surface area (Å²) in [5.41, 5.74) is 2.22. The molecule has 0 saturated heterocycles. The monoisotopic (exact) mass is 360 g/mol. The Morgan fingerprint density at radius 2 is 2.10 bits per heavy atom. The molecule has 1 aliphatic rings. The van der Waals surface area contributed by atoms with Crippen LogP contribution in [0.1, 0.15) is 36.8 Å². The summed E-state index contributed by atoms with van der Waals surface area (Å²) in [5, 5.41) is 0.490. The summed E-state index contributed by atoms with van der Waals surface area (Å²) in [6.07, 6.45) is 4.55. The molecule has 0 aromatic heterocycles. The predicted molar refractivity (Wildman–Crippen MR) is 85.3 cm³/mol. The largest absolute Gasteiger partial charge is 0.490 e. The number of rotatable bonds is 4. The van der Waals surface area contributed by atoms with Crippen molar-refractivity contribution in [1.82, 2.24) is 0 Å². The van der Waals surface area contributed by atoms with Crippen molar-refractivity contribution in [3.63, 3.8) is 0 Å². The number of para-hydroxylation sites is 1. The number of halogens is 1. The molecular weight excluding hydrogens is 340 g/mol. The van der Waals surface area contributed by atoms with E-state index < -0.39 is 9.84 Å². The lowest BCUT2D eigenvalue weighted by molar-refractivity contribution is 0.154. The number of ether oxygens (including phenoxy) is 1. The maximum absolute atomic E-state index is 11.7. The van der Waals surface area contributed by atoms with Gasteiger partial charge in [-0.05, 0) is 31.7 Å². The number of sulfone groups is 1. The molecule has 5 heteroatoms. The molecule has 112 valence electrons. The van der Waals surface area contributed by atoms with E-state index in [-0.39, 0.29) is 11.4 Å². The van der Waals surface area contributed by atoms with Crippen LogP contribution in [0, 0.1) is 6.92 Å². The highest BCUT2D eigenvalue weighted by molar-refractivity contribution is 9.08. The average molecular weight is 361 g/mol. The van der Waals surface area contributed by atoms with Crippen LogP contribution < -0.4 is 4.74 Å². The highest BCUT2D eigenvalue weighted by atomic mass is 79.9. The third-order valence-electron chi connectivity index (χ3n) is 3.91. The summed E-state index contributed by atoms with van der Waals surface area (Å²) in [6.45, 7) is 2.03. The minimum absolute atomic E-state index is 0.00220. The Morgan fingerprint density at radius 3 is 2.75 bits per heavy atom. The van der Waals surface area contributed by atoms with Crippen LogP contribution in [0.4, 0.5) is 0 Å². The fourth-order valence-corrected chi connectivity index (χ4v) is 4.35. The van der Waals surface area contributed by atoms with Gasteiger partial charge in [0.1, 0.15) is 15.6 Å². The van der Waals surface area contributed by atoms with Crippen molar-refractivity contribution in [3.8, 4) is 5.75 Å². The molecule has 1 aliphatic carbocycles. The van der Waals surface area contributed by atoms with Gasteiger partial charge in [0.25, 0.3) is 0 Å². The first kappa shape index (κ1) is 15.8. The Morgan fingerprint density at radius 1 is 1.35 bits per heavy atom. The van der Waals surface area contributed by atoms with Gasteiger partial charge in [-0.15, -0.1) is 0 Å². The smallest absolute Gasteiger partial charge is 0.150 e. The quantitative estimate of drug-likeness (QED) is 0.770. The van der Waals surface area contributed by atoms with Crippen LogP contribution in [-0.4, -0.2) is 26.0 Å². The zero-order chi connectivity index (χ0) is 14.8. The van der Waals surface area contributed by atoms with Crippen LogP contribution in [0.15, 0.2) is 18.2 Å². The van der Waals surface area contributed by atoms with Crippen molar-refractivity contribution in [2.24, 2.45) is 0 Å². The van der Waals surface area contributed by atoms with Crippen LogP contribution in [0.25, 0.3) is 0 Å². The first-order valence-electron chi connectivity index (χ1n) is 6.91. The summed E-state index contributed by atoms with van der Waals surface area (Å²) in [7, 11) is -2.97. The van der Waals surface area contributed by atoms with Crippen molar-refractivity contribution in [1.29, 1.82) is 0 Å². The van der Waals surface area contributed by atoms with E-state index in [2.05, 4.69) is 15.9 Å². The van der Waals surface area contributed by atoms with E-state index in [0.29, 0.717) is 6.42 Å². The molecule has 1 fully saturated rings. The van der Waals surface area contributed by atoms with Crippen molar-refractivity contribution in [2.45, 2.75) is 49.3 Å². The average Bonchev–Trinajstić information content (AvgIpc) is 2.40. The Balaban J connectivity index is 2.14. The lowest BCUT2D eigenvalue weighted by Crippen LogP contribution is -2.33. The van der Waals surface area contributed by atoms with E-state index in [4.69, 9.17) is 4.74 Å². The number of hydrogen-bond donors (Lipinski definition) is 0. The fraction of sp³-hybridized carbons (Fsp3) is 0.600. The van der Waals surface area contributed by atoms with Gasteiger partial charge in [0, 0.05) is 23.6 Å². The number of benzene rings is 1. The van der Waals surface area contributed by atoms with Crippen molar-refractivity contribution < 1.29 is 13.2 Å². The van der Waals surface area contributed by atoms with Crippen LogP contribution in [0.2, 0.25) is 0 Å². The standard InChI is InChI=1S/C15H21BrO3S/c1-11-5-3-6-12(10-16)15(11)19-13-7-4-8-14(9-13)20(2,17)18/h3,5-6,13-14H,4,7-10H2,1-2H3. The lowest BCUT2D eigenvalue weighted by Gasteiger charge is -2.29. The molecule has 3 nitrogen and oxygen atoms in total. The van der Waals surface area contributed by atoms with Gasteiger partial charge in [0.15, 0.2) is 0 Å². The Hall–Kier alpha value is -0.550. The summed E-state index contributed by atoms with van der Waals surface area (Å²) in [5.74, 6) is 0.906. The predicted octanol–water partition coefficient (Wildman–Crippen LogP) is 3.62. The maximum Gasteiger partial charge on any atom is 0.150 e. The summed E-state index contributed by atoms with van der Waals surface area (Å²) < 4.78 is 29.6. The number of alkyl halides is 1. The maximum atomic E-state index is 11.7. The summed E-state index contributed by atoms with van der Waals surface area (Å²) in [4.78, 5) is 0. The normalized spacial score (nSPS) is 23.6. The molecule has 2 rings (SSSR count). The van der Waals surface area contributed by atoms with E-state index in [9.17, 15) is 8.42 Å². The summed E-state index contributed by atoms with van der Waals surface area (Å²) >= 11 is 3.48. The molecule has 0 heterocycles. The Kier molecular flexibility index (Phi) is 5.13. The van der Waals surface area contributed by atoms with E-state index in [0.717, 1.165) is 41.5 Å². The second-order valence-corrected chi connectivity index (χ2v) is 8.44. The lowest BCUT2D eigenvalue weighted by atomic mass is 9.97. The van der Waals surface area contributed by atoms with Crippen molar-refractivity contribution in [2.75, 3.05) is 6.26 Å². The SMILES string of the molecule is Cc1cccc(CBr)c1OC1CCCC(S(C)(=O)=O)C1. The molecule has 1 saturated carbocycles. The molecule has 0 aliphatic heterocycles. The van der Waals surface area contributed by atoms with Gasteiger partial charge in [-0.3, -0.25) is 0 Å². The topological polar surface area (TPSA) is 43.4 Å². The Labute approximate surface area is 129 Å². The van der Waals surface area contributed by atoms with E-state index in [1.807, 2.05) is 25.1 Å². The van der Waals surface area contributed by atoms with E-state index in [1.165, 1.54) is 6.26 Å². The molecule has 1 aromatic rings. The fourth-order valence-electron chi connectivity index (χ4n) is 2.75. The Bertz CT molecular complexity index is 568. The number of aryl methyl sites for hydroxylation is 1. The first-order valence-corrected chi connectivity index (χ1v) is 9.99. The van der Waals surface area contributed by atoms with Crippen LogP contribution in [-0.2, 0) is 15.2 Å². The third-order valence-corrected chi connectivity index (χ3v) is 6.15. The highest BCUT2D eigenvalue weighted by Crippen LogP contribution is 2.31. The van der Waals surface area contributed by atoms with Crippen molar-refractivity contribution in [3.05, 3.63) is 29.3 Å². The molecule has 0 spiro atoms. The molecule has 0 bridgehead atoms. The summed E-state index contributed by atoms with van der Waals surface area (Å²) in [6, 6.07) is 6.07. The van der Waals surface area contributed by atoms with Gasteiger partial charge >= 0.3 is 0 Å². The van der Waals surface area contributed by atoms with Gasteiger partial charge in [-0.25, -0.2) is 8.42 Å². The number of hydrogen-bond acceptors (Lipinski definition) is 3. The van der Waals surface area contributed by atoms with Gasteiger partial charge in [0.2, 0.25) is 0 Å². The molecule has 0 N–H and O–H groups in total. The first-order chi connectivity index (χ1) is 9.41. The van der Waals surface area contributed by atoms with Gasteiger partial charge < -0.3 is 4.74 Å². The van der Waals surface area contributed by atoms with Crippen LogP contribution >= 0.6 is 15.9 Å². The molecule has 2 atom stereocenters. The molecule has 2 unspecified atom stereocenters. The second kappa shape index (κ2) is 6.48. The third kappa shape index (κ3) is 3.76. The minimum atomic E-state index is -2.97. The van der Waals surface area contributed by atoms with E-state index in [1.54, 1.807) is 0 Å². The highest BCUT2D eigenvalue weighted by Gasteiger charge is 2.30.